The summed E-state index contributed by atoms with van der Waals surface area (Å²) < 4.78 is 19.6. The van der Waals surface area contributed by atoms with Gasteiger partial charge in [0.05, 0.1) is 6.61 Å². The number of ether oxygens (including phenoxy) is 1. The van der Waals surface area contributed by atoms with Crippen molar-refractivity contribution in [3.8, 4) is 0 Å². The third-order valence-electron chi connectivity index (χ3n) is 6.13. The van der Waals surface area contributed by atoms with Crippen molar-refractivity contribution in [3.05, 3.63) is 71.5 Å². The van der Waals surface area contributed by atoms with Crippen LogP contribution in [0.2, 0.25) is 0 Å². The summed E-state index contributed by atoms with van der Waals surface area (Å²) in [5, 5.41) is 0. The zero-order valence-corrected chi connectivity index (χ0v) is 17.2. The van der Waals surface area contributed by atoms with E-state index in [1.807, 2.05) is 30.3 Å². The second kappa shape index (κ2) is 8.56. The lowest BCUT2D eigenvalue weighted by atomic mass is 9.89. The SMILES string of the molecule is CN(Cc1ccccc1)C(=O)C1COC2(CCCCC2)N1C(=O)c1ccc(F)cc1. The third kappa shape index (κ3) is 3.97. The molecule has 0 N–H and O–H groups in total. The molecule has 1 heterocycles. The average Bonchev–Trinajstić information content (AvgIpc) is 3.12. The average molecular weight is 410 g/mol. The summed E-state index contributed by atoms with van der Waals surface area (Å²) in [6.07, 6.45) is 4.43. The summed E-state index contributed by atoms with van der Waals surface area (Å²) in [7, 11) is 1.75. The Hall–Kier alpha value is -2.73. The number of likely N-dealkylation sites (N-methyl/N-ethyl adjacent to an activating group) is 1. The van der Waals surface area contributed by atoms with E-state index in [0.717, 1.165) is 24.8 Å². The molecule has 2 aliphatic rings. The normalized spacial score (nSPS) is 20.3. The lowest BCUT2D eigenvalue weighted by Gasteiger charge is -2.42. The van der Waals surface area contributed by atoms with E-state index in [2.05, 4.69) is 0 Å². The predicted molar refractivity (Wildman–Crippen MR) is 111 cm³/mol. The molecule has 1 spiro atoms. The van der Waals surface area contributed by atoms with Crippen LogP contribution < -0.4 is 0 Å². The van der Waals surface area contributed by atoms with E-state index in [4.69, 9.17) is 4.74 Å². The van der Waals surface area contributed by atoms with Crippen LogP contribution in [0.25, 0.3) is 0 Å². The van der Waals surface area contributed by atoms with Crippen molar-refractivity contribution < 1.29 is 18.7 Å². The minimum atomic E-state index is -0.752. The van der Waals surface area contributed by atoms with Gasteiger partial charge < -0.3 is 9.64 Å². The van der Waals surface area contributed by atoms with Crippen molar-refractivity contribution in [2.24, 2.45) is 0 Å². The molecule has 1 aliphatic heterocycles. The lowest BCUT2D eigenvalue weighted by Crippen LogP contribution is -2.56. The standard InChI is InChI=1S/C24H27FN2O3/c1-26(16-18-8-4-2-5-9-18)23(29)21-17-30-24(14-6-3-7-15-24)27(21)22(28)19-10-12-20(25)13-11-19/h2,4-5,8-13,21H,3,6-7,14-17H2,1H3. The first-order valence-electron chi connectivity index (χ1n) is 10.5. The fourth-order valence-electron chi connectivity index (χ4n) is 4.58. The summed E-state index contributed by atoms with van der Waals surface area (Å²) in [6, 6.07) is 14.6. The van der Waals surface area contributed by atoms with Crippen molar-refractivity contribution in [3.63, 3.8) is 0 Å². The van der Waals surface area contributed by atoms with Crippen molar-refractivity contribution in [2.45, 2.75) is 50.4 Å². The van der Waals surface area contributed by atoms with Gasteiger partial charge in [0.25, 0.3) is 5.91 Å². The van der Waals surface area contributed by atoms with E-state index >= 15 is 0 Å². The van der Waals surface area contributed by atoms with Gasteiger partial charge in [0.15, 0.2) is 0 Å². The van der Waals surface area contributed by atoms with Gasteiger partial charge in [-0.1, -0.05) is 36.8 Å². The first-order chi connectivity index (χ1) is 14.5. The van der Waals surface area contributed by atoms with Gasteiger partial charge in [-0.05, 0) is 55.5 Å². The predicted octanol–water partition coefficient (Wildman–Crippen LogP) is 3.99. The Morgan fingerprint density at radius 1 is 1.07 bits per heavy atom. The minimum Gasteiger partial charge on any atom is -0.353 e. The summed E-state index contributed by atoms with van der Waals surface area (Å²) in [5.41, 5.74) is 0.642. The summed E-state index contributed by atoms with van der Waals surface area (Å²) in [6.45, 7) is 0.645. The number of carbonyl (C=O) groups excluding carboxylic acids is 2. The number of hydrogen-bond donors (Lipinski definition) is 0. The van der Waals surface area contributed by atoms with E-state index in [1.165, 1.54) is 24.3 Å². The van der Waals surface area contributed by atoms with Crippen molar-refractivity contribution in [2.75, 3.05) is 13.7 Å². The van der Waals surface area contributed by atoms with Crippen molar-refractivity contribution in [1.82, 2.24) is 9.80 Å². The molecule has 1 saturated carbocycles. The van der Waals surface area contributed by atoms with Crippen LogP contribution >= 0.6 is 0 Å². The Kier molecular flexibility index (Phi) is 5.86. The molecule has 2 aromatic carbocycles. The summed E-state index contributed by atoms with van der Waals surface area (Å²) >= 11 is 0. The Morgan fingerprint density at radius 2 is 1.73 bits per heavy atom. The number of halogens is 1. The molecule has 0 aromatic heterocycles. The molecule has 4 rings (SSSR count). The van der Waals surface area contributed by atoms with E-state index in [-0.39, 0.29) is 18.4 Å². The van der Waals surface area contributed by atoms with E-state index in [1.54, 1.807) is 16.8 Å². The fraction of sp³-hybridized carbons (Fsp3) is 0.417. The maximum absolute atomic E-state index is 13.5. The topological polar surface area (TPSA) is 49.9 Å². The Bertz CT molecular complexity index is 894. The fourth-order valence-corrected chi connectivity index (χ4v) is 4.58. The first kappa shape index (κ1) is 20.5. The molecule has 2 amide bonds. The number of rotatable bonds is 4. The van der Waals surface area contributed by atoms with Gasteiger partial charge in [-0.3, -0.25) is 14.5 Å². The highest BCUT2D eigenvalue weighted by molar-refractivity contribution is 5.98. The van der Waals surface area contributed by atoms with Crippen molar-refractivity contribution >= 4 is 11.8 Å². The maximum Gasteiger partial charge on any atom is 0.256 e. The highest BCUT2D eigenvalue weighted by atomic mass is 19.1. The highest BCUT2D eigenvalue weighted by Crippen LogP contribution is 2.41. The molecule has 0 radical (unpaired) electrons. The zero-order valence-electron chi connectivity index (χ0n) is 17.2. The van der Waals surface area contributed by atoms with Crippen LogP contribution in [0.1, 0.15) is 48.0 Å². The lowest BCUT2D eigenvalue weighted by molar-refractivity contribution is -0.136. The summed E-state index contributed by atoms with van der Waals surface area (Å²) in [5.74, 6) is -0.815. The Balaban J connectivity index is 1.61. The molecule has 2 fully saturated rings. The zero-order chi connectivity index (χ0) is 21.1. The van der Waals surface area contributed by atoms with Crippen LogP contribution in [-0.2, 0) is 16.1 Å². The van der Waals surface area contributed by atoms with Crippen LogP contribution in [0.3, 0.4) is 0 Å². The van der Waals surface area contributed by atoms with Crippen LogP contribution in [0.15, 0.2) is 54.6 Å². The molecular formula is C24H27FN2O3. The van der Waals surface area contributed by atoms with Crippen LogP contribution in [-0.4, -0.2) is 47.0 Å². The number of benzene rings is 2. The monoisotopic (exact) mass is 410 g/mol. The molecule has 6 heteroatoms. The largest absolute Gasteiger partial charge is 0.353 e. The van der Waals surface area contributed by atoms with Gasteiger partial charge in [0, 0.05) is 19.2 Å². The number of hydrogen-bond acceptors (Lipinski definition) is 3. The van der Waals surface area contributed by atoms with Gasteiger partial charge in [0.2, 0.25) is 5.91 Å². The molecule has 30 heavy (non-hydrogen) atoms. The molecule has 158 valence electrons. The van der Waals surface area contributed by atoms with Crippen LogP contribution in [0.4, 0.5) is 4.39 Å². The molecule has 1 aliphatic carbocycles. The second-order valence-electron chi connectivity index (χ2n) is 8.20. The Morgan fingerprint density at radius 3 is 2.40 bits per heavy atom. The highest BCUT2D eigenvalue weighted by Gasteiger charge is 2.53. The smallest absolute Gasteiger partial charge is 0.256 e. The number of nitrogens with zero attached hydrogens (tertiary/aromatic N) is 2. The molecule has 2 aromatic rings. The minimum absolute atomic E-state index is 0.142. The van der Waals surface area contributed by atoms with Crippen LogP contribution in [0.5, 0.6) is 0 Å². The molecular weight excluding hydrogens is 383 g/mol. The second-order valence-corrected chi connectivity index (χ2v) is 8.20. The van der Waals surface area contributed by atoms with Crippen LogP contribution in [0, 0.1) is 5.82 Å². The van der Waals surface area contributed by atoms with Gasteiger partial charge in [-0.2, -0.15) is 0 Å². The van der Waals surface area contributed by atoms with Gasteiger partial charge in [-0.15, -0.1) is 0 Å². The molecule has 0 bridgehead atoms. The molecule has 5 nitrogen and oxygen atoms in total. The van der Waals surface area contributed by atoms with Gasteiger partial charge in [0.1, 0.15) is 17.6 Å². The van der Waals surface area contributed by atoms with Gasteiger partial charge in [-0.25, -0.2) is 4.39 Å². The van der Waals surface area contributed by atoms with Gasteiger partial charge >= 0.3 is 0 Å². The third-order valence-corrected chi connectivity index (χ3v) is 6.13. The van der Waals surface area contributed by atoms with Crippen molar-refractivity contribution in [1.29, 1.82) is 0 Å². The van der Waals surface area contributed by atoms with E-state index < -0.39 is 17.6 Å². The molecule has 1 unspecified atom stereocenters. The molecule has 1 atom stereocenters. The summed E-state index contributed by atoms with van der Waals surface area (Å²) in [4.78, 5) is 30.1. The number of amides is 2. The first-order valence-corrected chi connectivity index (χ1v) is 10.5. The quantitative estimate of drug-likeness (QED) is 0.766. The number of carbonyl (C=O) groups is 2. The van der Waals surface area contributed by atoms with E-state index in [9.17, 15) is 14.0 Å². The van der Waals surface area contributed by atoms with E-state index in [0.29, 0.717) is 24.9 Å². The molecule has 1 saturated heterocycles. The maximum atomic E-state index is 13.5. The Labute approximate surface area is 176 Å².